The molecule has 1 heterocycles. The van der Waals surface area contributed by atoms with Gasteiger partial charge in [-0.1, -0.05) is 36.4 Å². The van der Waals surface area contributed by atoms with Gasteiger partial charge >= 0.3 is 0 Å². The summed E-state index contributed by atoms with van der Waals surface area (Å²) >= 11 is 0. The second-order valence-electron chi connectivity index (χ2n) is 6.05. The van der Waals surface area contributed by atoms with Gasteiger partial charge in [0.1, 0.15) is 6.61 Å². The van der Waals surface area contributed by atoms with Crippen molar-refractivity contribution in [1.29, 1.82) is 0 Å². The monoisotopic (exact) mass is 326 g/mol. The number of carbonyl (C=O) groups is 1. The number of nitrogens with zero attached hydrogens (tertiary/aromatic N) is 1. The van der Waals surface area contributed by atoms with Crippen LogP contribution in [0.25, 0.3) is 0 Å². The van der Waals surface area contributed by atoms with E-state index in [9.17, 15) is 4.79 Å². The maximum absolute atomic E-state index is 11.1. The van der Waals surface area contributed by atoms with Gasteiger partial charge < -0.3 is 15.2 Å². The summed E-state index contributed by atoms with van der Waals surface area (Å²) in [7, 11) is 1.64. The quantitative estimate of drug-likeness (QED) is 0.847. The second-order valence-corrected chi connectivity index (χ2v) is 6.05. The Kier molecular flexibility index (Phi) is 5.01. The maximum Gasteiger partial charge on any atom is 0.223 e. The van der Waals surface area contributed by atoms with E-state index in [0.717, 1.165) is 42.3 Å². The number of likely N-dealkylation sites (tertiary alicyclic amines) is 1. The van der Waals surface area contributed by atoms with Crippen LogP contribution in [0.3, 0.4) is 0 Å². The van der Waals surface area contributed by atoms with Gasteiger partial charge in [0.15, 0.2) is 11.5 Å². The van der Waals surface area contributed by atoms with Crippen LogP contribution < -0.4 is 15.2 Å². The highest BCUT2D eigenvalue weighted by atomic mass is 16.5. The number of primary amides is 1. The Morgan fingerprint density at radius 1 is 1.12 bits per heavy atom. The lowest BCUT2D eigenvalue weighted by Crippen LogP contribution is -2.51. The number of hydrogen-bond acceptors (Lipinski definition) is 4. The molecule has 1 amide bonds. The Bertz CT molecular complexity index is 697. The Morgan fingerprint density at radius 3 is 2.54 bits per heavy atom. The number of hydrogen-bond donors (Lipinski definition) is 1. The van der Waals surface area contributed by atoms with E-state index in [4.69, 9.17) is 15.2 Å². The number of benzene rings is 2. The van der Waals surface area contributed by atoms with E-state index in [1.807, 2.05) is 48.5 Å². The van der Waals surface area contributed by atoms with Crippen molar-refractivity contribution in [2.45, 2.75) is 13.2 Å². The normalized spacial score (nSPS) is 14.9. The minimum Gasteiger partial charge on any atom is -0.493 e. The minimum absolute atomic E-state index is 0.0135. The zero-order chi connectivity index (χ0) is 16.9. The molecule has 3 rings (SSSR count). The van der Waals surface area contributed by atoms with E-state index in [1.54, 1.807) is 7.11 Å². The lowest BCUT2D eigenvalue weighted by Gasteiger charge is -2.37. The Hall–Kier alpha value is -2.53. The van der Waals surface area contributed by atoms with E-state index in [0.29, 0.717) is 6.61 Å². The molecule has 1 aliphatic rings. The average molecular weight is 326 g/mol. The van der Waals surface area contributed by atoms with Gasteiger partial charge in [-0.3, -0.25) is 9.69 Å². The van der Waals surface area contributed by atoms with Crippen LogP contribution in [0.2, 0.25) is 0 Å². The second kappa shape index (κ2) is 7.36. The first-order valence-corrected chi connectivity index (χ1v) is 8.01. The molecule has 2 aromatic carbocycles. The van der Waals surface area contributed by atoms with Gasteiger partial charge in [-0.25, -0.2) is 0 Å². The van der Waals surface area contributed by atoms with Crippen LogP contribution in [0, 0.1) is 5.92 Å². The predicted molar refractivity (Wildman–Crippen MR) is 91.7 cm³/mol. The number of rotatable bonds is 7. The first kappa shape index (κ1) is 16.3. The maximum atomic E-state index is 11.1. The van der Waals surface area contributed by atoms with Gasteiger partial charge in [-0.15, -0.1) is 0 Å². The van der Waals surface area contributed by atoms with Crippen LogP contribution in [0.5, 0.6) is 11.5 Å². The zero-order valence-electron chi connectivity index (χ0n) is 13.8. The largest absolute Gasteiger partial charge is 0.493 e. The molecular formula is C19H22N2O3. The van der Waals surface area contributed by atoms with Gasteiger partial charge in [-0.05, 0) is 23.3 Å². The molecule has 24 heavy (non-hydrogen) atoms. The van der Waals surface area contributed by atoms with Crippen molar-refractivity contribution in [3.8, 4) is 11.5 Å². The molecule has 0 atom stereocenters. The summed E-state index contributed by atoms with van der Waals surface area (Å²) in [6.45, 7) is 2.73. The molecule has 1 aliphatic heterocycles. The van der Waals surface area contributed by atoms with E-state index in [2.05, 4.69) is 4.90 Å². The minimum atomic E-state index is -0.214. The van der Waals surface area contributed by atoms with Crippen LogP contribution in [0.1, 0.15) is 11.1 Å². The molecule has 0 unspecified atom stereocenters. The predicted octanol–water partition coefficient (Wildman–Crippen LogP) is 2.19. The molecule has 0 bridgehead atoms. The molecule has 0 aliphatic carbocycles. The van der Waals surface area contributed by atoms with Gasteiger partial charge in [-0.2, -0.15) is 0 Å². The van der Waals surface area contributed by atoms with Crippen LogP contribution in [0.15, 0.2) is 48.5 Å². The van der Waals surface area contributed by atoms with E-state index in [1.165, 1.54) is 0 Å². The molecular weight excluding hydrogens is 304 g/mol. The highest BCUT2D eigenvalue weighted by Crippen LogP contribution is 2.30. The first-order valence-electron chi connectivity index (χ1n) is 8.01. The highest BCUT2D eigenvalue weighted by molar-refractivity contribution is 5.78. The summed E-state index contributed by atoms with van der Waals surface area (Å²) < 4.78 is 11.3. The SMILES string of the molecule is COc1cc(CN2CC(C(N)=O)C2)ccc1OCc1ccccc1. The molecule has 1 saturated heterocycles. The fraction of sp³-hybridized carbons (Fsp3) is 0.316. The molecule has 0 saturated carbocycles. The molecule has 2 aromatic rings. The lowest BCUT2D eigenvalue weighted by atomic mass is 9.98. The molecule has 5 nitrogen and oxygen atoms in total. The van der Waals surface area contributed by atoms with Crippen LogP contribution in [-0.4, -0.2) is 31.0 Å². The number of methoxy groups -OCH3 is 1. The summed E-state index contributed by atoms with van der Waals surface area (Å²) in [6, 6.07) is 16.0. The first-order chi connectivity index (χ1) is 11.7. The third-order valence-corrected chi connectivity index (χ3v) is 4.23. The number of ether oxygens (including phenoxy) is 2. The van der Waals surface area contributed by atoms with Gasteiger partial charge in [0.25, 0.3) is 0 Å². The summed E-state index contributed by atoms with van der Waals surface area (Å²) in [5.74, 6) is 1.22. The van der Waals surface area contributed by atoms with Gasteiger partial charge in [0, 0.05) is 19.6 Å². The average Bonchev–Trinajstić information content (AvgIpc) is 2.56. The molecule has 126 valence electrons. The smallest absolute Gasteiger partial charge is 0.223 e. The van der Waals surface area contributed by atoms with Crippen molar-refractivity contribution in [3.05, 3.63) is 59.7 Å². The molecule has 0 spiro atoms. The van der Waals surface area contributed by atoms with E-state index in [-0.39, 0.29) is 11.8 Å². The summed E-state index contributed by atoms with van der Waals surface area (Å²) in [4.78, 5) is 13.3. The standard InChI is InChI=1S/C19H22N2O3/c1-23-18-9-15(10-21-11-16(12-21)19(20)22)7-8-17(18)24-13-14-5-3-2-4-6-14/h2-9,16H,10-13H2,1H3,(H2,20,22). The van der Waals surface area contributed by atoms with Crippen molar-refractivity contribution in [3.63, 3.8) is 0 Å². The third kappa shape index (κ3) is 3.86. The van der Waals surface area contributed by atoms with Crippen LogP contribution >= 0.6 is 0 Å². The Morgan fingerprint density at radius 2 is 1.88 bits per heavy atom. The number of carbonyl (C=O) groups excluding carboxylic acids is 1. The van der Waals surface area contributed by atoms with Crippen LogP contribution in [-0.2, 0) is 17.9 Å². The Labute approximate surface area is 142 Å². The summed E-state index contributed by atoms with van der Waals surface area (Å²) in [6.07, 6.45) is 0. The summed E-state index contributed by atoms with van der Waals surface area (Å²) in [5.41, 5.74) is 7.54. The van der Waals surface area contributed by atoms with E-state index < -0.39 is 0 Å². The van der Waals surface area contributed by atoms with Crippen LogP contribution in [0.4, 0.5) is 0 Å². The fourth-order valence-electron chi connectivity index (χ4n) is 2.80. The number of nitrogens with two attached hydrogens (primary N) is 1. The van der Waals surface area contributed by atoms with Crippen molar-refractivity contribution < 1.29 is 14.3 Å². The molecule has 2 N–H and O–H groups in total. The third-order valence-electron chi connectivity index (χ3n) is 4.23. The highest BCUT2D eigenvalue weighted by Gasteiger charge is 2.30. The molecule has 5 heteroatoms. The number of amides is 1. The molecule has 0 aromatic heterocycles. The molecule has 1 fully saturated rings. The van der Waals surface area contributed by atoms with Crippen molar-refractivity contribution in [1.82, 2.24) is 4.90 Å². The van der Waals surface area contributed by atoms with Crippen molar-refractivity contribution in [2.75, 3.05) is 20.2 Å². The fourth-order valence-corrected chi connectivity index (χ4v) is 2.80. The topological polar surface area (TPSA) is 64.8 Å². The van der Waals surface area contributed by atoms with Gasteiger partial charge in [0.05, 0.1) is 13.0 Å². The van der Waals surface area contributed by atoms with Crippen molar-refractivity contribution >= 4 is 5.91 Å². The van der Waals surface area contributed by atoms with E-state index >= 15 is 0 Å². The summed E-state index contributed by atoms with van der Waals surface area (Å²) in [5, 5.41) is 0. The van der Waals surface area contributed by atoms with Crippen molar-refractivity contribution in [2.24, 2.45) is 11.7 Å². The lowest BCUT2D eigenvalue weighted by molar-refractivity contribution is -0.127. The van der Waals surface area contributed by atoms with Gasteiger partial charge in [0.2, 0.25) is 5.91 Å². The molecule has 0 radical (unpaired) electrons. The zero-order valence-corrected chi connectivity index (χ0v) is 13.8. The Balaban J connectivity index is 1.60.